The number of carbonyl (C=O) groups is 2. The Labute approximate surface area is 105 Å². The highest BCUT2D eigenvalue weighted by atomic mass is 16.5. The normalized spacial score (nSPS) is 10.3. The van der Waals surface area contributed by atoms with Gasteiger partial charge in [0.2, 0.25) is 0 Å². The maximum absolute atomic E-state index is 11.3. The number of rotatable bonds is 5. The molecule has 0 saturated carbocycles. The Kier molecular flexibility index (Phi) is 5.57. The Morgan fingerprint density at radius 2 is 2.22 bits per heavy atom. The molecule has 0 unspecified atom stereocenters. The average Bonchev–Trinajstić information content (AvgIpc) is 2.38. The van der Waals surface area contributed by atoms with Gasteiger partial charge in [0, 0.05) is 6.20 Å². The van der Waals surface area contributed by atoms with Gasteiger partial charge in [-0.15, -0.1) is 0 Å². The number of methoxy groups -OCH3 is 1. The van der Waals surface area contributed by atoms with E-state index >= 15 is 0 Å². The molecule has 0 aliphatic carbocycles. The number of ether oxygens (including phenoxy) is 2. The Morgan fingerprint density at radius 1 is 1.44 bits per heavy atom. The van der Waals surface area contributed by atoms with Crippen molar-refractivity contribution >= 4 is 18.0 Å². The van der Waals surface area contributed by atoms with E-state index in [1.54, 1.807) is 31.2 Å². The summed E-state index contributed by atoms with van der Waals surface area (Å²) in [5, 5.41) is 0. The molecule has 0 spiro atoms. The van der Waals surface area contributed by atoms with Crippen LogP contribution in [0, 0.1) is 0 Å². The van der Waals surface area contributed by atoms with Gasteiger partial charge in [0.1, 0.15) is 0 Å². The minimum absolute atomic E-state index is 0.179. The first-order valence-corrected chi connectivity index (χ1v) is 5.54. The molecule has 1 aromatic rings. The molecular weight excluding hydrogens is 234 g/mol. The molecule has 0 radical (unpaired) electrons. The number of hydrogen-bond acceptors (Lipinski definition) is 5. The number of carbonyl (C=O) groups excluding carboxylic acids is 2. The van der Waals surface area contributed by atoms with Crippen LogP contribution in [0.2, 0.25) is 0 Å². The fourth-order valence-electron chi connectivity index (χ4n) is 1.28. The highest BCUT2D eigenvalue weighted by Crippen LogP contribution is 2.05. The van der Waals surface area contributed by atoms with E-state index in [2.05, 4.69) is 9.72 Å². The maximum atomic E-state index is 11.3. The molecule has 0 bridgehead atoms. The molecule has 0 N–H and O–H groups in total. The largest absolute Gasteiger partial charge is 0.466 e. The van der Waals surface area contributed by atoms with Gasteiger partial charge in [0.25, 0.3) is 0 Å². The van der Waals surface area contributed by atoms with Gasteiger partial charge in [-0.2, -0.15) is 0 Å². The summed E-state index contributed by atoms with van der Waals surface area (Å²) in [4.78, 5) is 26.4. The van der Waals surface area contributed by atoms with E-state index in [0.29, 0.717) is 17.9 Å². The van der Waals surface area contributed by atoms with Gasteiger partial charge in [0.05, 0.1) is 31.4 Å². The zero-order valence-corrected chi connectivity index (χ0v) is 10.4. The van der Waals surface area contributed by atoms with E-state index in [-0.39, 0.29) is 12.4 Å². The van der Waals surface area contributed by atoms with Gasteiger partial charge in [-0.25, -0.2) is 4.79 Å². The lowest BCUT2D eigenvalue weighted by Crippen LogP contribution is -2.02. The first-order chi connectivity index (χ1) is 8.67. The summed E-state index contributed by atoms with van der Waals surface area (Å²) in [6, 6.07) is 3.15. The van der Waals surface area contributed by atoms with Crippen molar-refractivity contribution in [3.63, 3.8) is 0 Å². The number of pyridine rings is 1. The summed E-state index contributed by atoms with van der Waals surface area (Å²) >= 11 is 0. The van der Waals surface area contributed by atoms with Crippen LogP contribution in [0.1, 0.15) is 29.4 Å². The van der Waals surface area contributed by atoms with Crippen LogP contribution >= 0.6 is 0 Å². The van der Waals surface area contributed by atoms with Crippen molar-refractivity contribution in [2.75, 3.05) is 13.7 Å². The first kappa shape index (κ1) is 13.9. The highest BCUT2D eigenvalue weighted by molar-refractivity contribution is 5.89. The average molecular weight is 249 g/mol. The van der Waals surface area contributed by atoms with Crippen molar-refractivity contribution in [1.29, 1.82) is 0 Å². The monoisotopic (exact) mass is 249 g/mol. The topological polar surface area (TPSA) is 65.5 Å². The third-order valence-corrected chi connectivity index (χ3v) is 2.08. The third-order valence-electron chi connectivity index (χ3n) is 2.08. The summed E-state index contributed by atoms with van der Waals surface area (Å²) in [7, 11) is 1.32. The SMILES string of the molecule is CCOC(=O)CC=Cc1cc(C(=O)OC)ccn1. The molecule has 5 nitrogen and oxygen atoms in total. The molecule has 1 heterocycles. The molecule has 0 aliphatic rings. The van der Waals surface area contributed by atoms with Gasteiger partial charge in [-0.3, -0.25) is 9.78 Å². The molecule has 18 heavy (non-hydrogen) atoms. The summed E-state index contributed by atoms with van der Waals surface area (Å²) in [5.74, 6) is -0.713. The second-order valence-electron chi connectivity index (χ2n) is 3.37. The summed E-state index contributed by atoms with van der Waals surface area (Å²) in [6.45, 7) is 2.12. The van der Waals surface area contributed by atoms with Gasteiger partial charge in [-0.05, 0) is 25.1 Å². The smallest absolute Gasteiger partial charge is 0.337 e. The van der Waals surface area contributed by atoms with Crippen LogP contribution in [-0.4, -0.2) is 30.6 Å². The van der Waals surface area contributed by atoms with Crippen molar-refractivity contribution in [2.45, 2.75) is 13.3 Å². The lowest BCUT2D eigenvalue weighted by atomic mass is 10.2. The molecule has 0 amide bonds. The van der Waals surface area contributed by atoms with Crippen molar-refractivity contribution in [3.05, 3.63) is 35.7 Å². The molecular formula is C13H15NO4. The van der Waals surface area contributed by atoms with E-state index in [9.17, 15) is 9.59 Å². The minimum atomic E-state index is -0.419. The second kappa shape index (κ2) is 7.21. The van der Waals surface area contributed by atoms with E-state index in [1.165, 1.54) is 13.3 Å². The van der Waals surface area contributed by atoms with E-state index in [0.717, 1.165) is 0 Å². The first-order valence-electron chi connectivity index (χ1n) is 5.54. The van der Waals surface area contributed by atoms with Crippen LogP contribution in [0.4, 0.5) is 0 Å². The maximum Gasteiger partial charge on any atom is 0.337 e. The summed E-state index contributed by atoms with van der Waals surface area (Å²) in [5.41, 5.74) is 1.01. The quantitative estimate of drug-likeness (QED) is 0.745. The molecule has 0 atom stereocenters. The van der Waals surface area contributed by atoms with Gasteiger partial charge in [-0.1, -0.05) is 6.08 Å². The van der Waals surface area contributed by atoms with Crippen LogP contribution in [0.25, 0.3) is 6.08 Å². The van der Waals surface area contributed by atoms with E-state index in [1.807, 2.05) is 0 Å². The lowest BCUT2D eigenvalue weighted by molar-refractivity contribution is -0.142. The number of nitrogens with zero attached hydrogens (tertiary/aromatic N) is 1. The molecule has 96 valence electrons. The van der Waals surface area contributed by atoms with Gasteiger partial charge < -0.3 is 9.47 Å². The van der Waals surface area contributed by atoms with Crippen LogP contribution in [0.3, 0.4) is 0 Å². The van der Waals surface area contributed by atoms with Crippen molar-refractivity contribution in [3.8, 4) is 0 Å². The minimum Gasteiger partial charge on any atom is -0.466 e. The van der Waals surface area contributed by atoms with Crippen molar-refractivity contribution in [2.24, 2.45) is 0 Å². The Hall–Kier alpha value is -2.17. The third kappa shape index (κ3) is 4.37. The molecule has 0 aliphatic heterocycles. The predicted molar refractivity (Wildman–Crippen MR) is 65.9 cm³/mol. The number of hydrogen-bond donors (Lipinski definition) is 0. The number of aromatic nitrogens is 1. The fraction of sp³-hybridized carbons (Fsp3) is 0.308. The highest BCUT2D eigenvalue weighted by Gasteiger charge is 2.05. The number of esters is 2. The van der Waals surface area contributed by atoms with E-state index < -0.39 is 5.97 Å². The molecule has 0 saturated heterocycles. The van der Waals surface area contributed by atoms with Crippen LogP contribution in [0.15, 0.2) is 24.4 Å². The lowest BCUT2D eigenvalue weighted by Gasteiger charge is -1.99. The Balaban J connectivity index is 2.64. The van der Waals surface area contributed by atoms with Gasteiger partial charge >= 0.3 is 11.9 Å². The van der Waals surface area contributed by atoms with Gasteiger partial charge in [0.15, 0.2) is 0 Å². The summed E-state index contributed by atoms with van der Waals surface area (Å²) < 4.78 is 9.38. The van der Waals surface area contributed by atoms with Crippen LogP contribution in [0.5, 0.6) is 0 Å². The predicted octanol–water partition coefficient (Wildman–Crippen LogP) is 1.83. The molecule has 0 fully saturated rings. The van der Waals surface area contributed by atoms with Crippen molar-refractivity contribution in [1.82, 2.24) is 4.98 Å². The van der Waals surface area contributed by atoms with Crippen molar-refractivity contribution < 1.29 is 19.1 Å². The molecule has 0 aromatic carbocycles. The fourth-order valence-corrected chi connectivity index (χ4v) is 1.28. The summed E-state index contributed by atoms with van der Waals surface area (Å²) in [6.07, 6.45) is 4.99. The van der Waals surface area contributed by atoms with E-state index in [4.69, 9.17) is 4.74 Å². The standard InChI is InChI=1S/C13H15NO4/c1-3-18-12(15)6-4-5-11-9-10(7-8-14-11)13(16)17-2/h4-5,7-9H,3,6H2,1-2H3. The second-order valence-corrected chi connectivity index (χ2v) is 3.37. The molecule has 1 rings (SSSR count). The van der Waals surface area contributed by atoms with Crippen LogP contribution < -0.4 is 0 Å². The Morgan fingerprint density at radius 3 is 2.89 bits per heavy atom. The van der Waals surface area contributed by atoms with Crippen LogP contribution in [-0.2, 0) is 14.3 Å². The molecule has 5 heteroatoms. The molecule has 1 aromatic heterocycles. The Bertz CT molecular complexity index is 454. The zero-order chi connectivity index (χ0) is 13.4. The zero-order valence-electron chi connectivity index (χ0n) is 10.4.